The minimum Gasteiger partial charge on any atom is -0.397 e. The van der Waals surface area contributed by atoms with Gasteiger partial charge in [-0.25, -0.2) is 23.1 Å². The average Bonchev–Trinajstić information content (AvgIpc) is 3.58. The highest BCUT2D eigenvalue weighted by Gasteiger charge is 2.24. The van der Waals surface area contributed by atoms with E-state index in [9.17, 15) is 18.0 Å². The number of aromatic amines is 1. The van der Waals surface area contributed by atoms with E-state index in [-0.39, 0.29) is 12.8 Å². The van der Waals surface area contributed by atoms with E-state index in [1.165, 1.54) is 41.8 Å². The number of anilines is 1. The van der Waals surface area contributed by atoms with Crippen molar-refractivity contribution in [2.24, 2.45) is 0 Å². The maximum Gasteiger partial charge on any atom is 0.225 e. The number of thiazole rings is 1. The first-order valence-electron chi connectivity index (χ1n) is 13.0. The monoisotopic (exact) mass is 585 g/mol. The number of H-pyrrole nitrogens is 1. The van der Waals surface area contributed by atoms with Crippen LogP contribution in [0.5, 0.6) is 0 Å². The molecule has 6 rings (SSSR count). The van der Waals surface area contributed by atoms with Crippen molar-refractivity contribution in [3.8, 4) is 11.1 Å². The van der Waals surface area contributed by atoms with E-state index in [4.69, 9.17) is 16.1 Å². The number of halogens is 3. The molecular formula is C31H24F3N6OS+. The number of nitrogen functional groups attached to an aromatic ring is 1. The van der Waals surface area contributed by atoms with Crippen molar-refractivity contribution in [2.75, 3.05) is 5.73 Å². The summed E-state index contributed by atoms with van der Waals surface area (Å²) in [7, 11) is 0. The summed E-state index contributed by atoms with van der Waals surface area (Å²) in [6.45, 7) is 0. The lowest BCUT2D eigenvalue weighted by atomic mass is 9.94. The molecule has 6 N–H and O–H groups in total. The Labute approximate surface area is 241 Å². The third-order valence-electron chi connectivity index (χ3n) is 7.02. The zero-order valence-corrected chi connectivity index (χ0v) is 22.8. The molecule has 7 nitrogen and oxygen atoms in total. The number of aromatic nitrogens is 3. The number of nitrogens with two attached hydrogens (primary N) is 2. The highest BCUT2D eigenvalue weighted by Crippen LogP contribution is 2.34. The highest BCUT2D eigenvalue weighted by atomic mass is 32.1. The van der Waals surface area contributed by atoms with Gasteiger partial charge in [-0.1, -0.05) is 6.07 Å². The van der Waals surface area contributed by atoms with Gasteiger partial charge in [0.15, 0.2) is 6.21 Å². The van der Waals surface area contributed by atoms with Gasteiger partial charge in [-0.3, -0.25) is 10.2 Å². The van der Waals surface area contributed by atoms with Crippen LogP contribution < -0.4 is 16.5 Å². The normalized spacial score (nSPS) is 12.1. The Morgan fingerprint density at radius 1 is 1.05 bits per heavy atom. The minimum atomic E-state index is -0.846. The topological polar surface area (TPSA) is 122 Å². The number of hydrogen-bond acceptors (Lipinski definition) is 5. The van der Waals surface area contributed by atoms with E-state index in [1.807, 2.05) is 18.2 Å². The van der Waals surface area contributed by atoms with Gasteiger partial charge in [0.05, 0.1) is 39.6 Å². The zero-order valence-electron chi connectivity index (χ0n) is 22.0. The lowest BCUT2D eigenvalue weighted by Crippen LogP contribution is -2.34. The Bertz CT molecular complexity index is 1960. The van der Waals surface area contributed by atoms with Crippen LogP contribution in [0.2, 0.25) is 0 Å². The molecule has 0 aliphatic rings. The molecule has 0 aliphatic carbocycles. The third kappa shape index (κ3) is 5.46. The van der Waals surface area contributed by atoms with E-state index >= 15 is 0 Å². The van der Waals surface area contributed by atoms with Crippen molar-refractivity contribution in [3.63, 3.8) is 0 Å². The molecule has 1 unspecified atom stereocenters. The van der Waals surface area contributed by atoms with E-state index in [0.717, 1.165) is 21.8 Å². The largest absolute Gasteiger partial charge is 0.397 e. The number of nitrogens with zero attached hydrogens (tertiary/aromatic N) is 2. The van der Waals surface area contributed by atoms with Crippen molar-refractivity contribution in [1.82, 2.24) is 20.3 Å². The lowest BCUT2D eigenvalue weighted by molar-refractivity contribution is -0.121. The smallest absolute Gasteiger partial charge is 0.225 e. The number of carbonyl (C=O) groups is 1. The summed E-state index contributed by atoms with van der Waals surface area (Å²) >= 11 is 1.50. The van der Waals surface area contributed by atoms with Gasteiger partial charge < -0.3 is 16.0 Å². The molecule has 0 radical (unpaired) electrons. The molecule has 0 bridgehead atoms. The fraction of sp³-hybridized carbons (Fsp3) is 0.0968. The van der Waals surface area contributed by atoms with Crippen molar-refractivity contribution in [2.45, 2.75) is 18.9 Å². The van der Waals surface area contributed by atoms with E-state index in [0.29, 0.717) is 44.7 Å². The molecule has 6 aromatic rings. The van der Waals surface area contributed by atoms with Gasteiger partial charge in [0, 0.05) is 28.7 Å². The van der Waals surface area contributed by atoms with Crippen LogP contribution in [0.3, 0.4) is 0 Å². The number of fused-ring (bicyclic) bond motifs is 2. The van der Waals surface area contributed by atoms with Crippen molar-refractivity contribution in [1.29, 1.82) is 0 Å². The summed E-state index contributed by atoms with van der Waals surface area (Å²) in [5, 5.41) is 9.39. The number of pyridine rings is 1. The van der Waals surface area contributed by atoms with Crippen molar-refractivity contribution < 1.29 is 23.4 Å². The Morgan fingerprint density at radius 3 is 2.64 bits per heavy atom. The number of amides is 1. The summed E-state index contributed by atoms with van der Waals surface area (Å²) in [6.07, 6.45) is 2.84. The number of rotatable bonds is 8. The number of carbonyl (C=O) groups excluding carboxylic acids is 1. The summed E-state index contributed by atoms with van der Waals surface area (Å²) in [5.41, 5.74) is 12.7. The molecule has 210 valence electrons. The molecule has 3 aromatic heterocycles. The highest BCUT2D eigenvalue weighted by molar-refractivity contribution is 7.16. The van der Waals surface area contributed by atoms with Gasteiger partial charge in [0.25, 0.3) is 0 Å². The average molecular weight is 586 g/mol. The number of nitrogens with one attached hydrogen (secondary N) is 2. The fourth-order valence-corrected chi connectivity index (χ4v) is 5.77. The SMILES string of the molecule is Nc1cc(-c2ccc3scnc3c2)c(C(Cc2cc(F)cc(F)c2)NC(=O)Cc2c[nH]c3ccc(F)cc23)nc1C=[NH2+]. The number of benzene rings is 3. The predicted octanol–water partition coefficient (Wildman–Crippen LogP) is 4.66. The molecule has 3 aromatic carbocycles. The van der Waals surface area contributed by atoms with Crippen LogP contribution in [0.1, 0.15) is 28.6 Å². The number of hydrogen-bond donors (Lipinski definition) is 4. The standard InChI is InChI=1S/C31H23F3N6OS/c32-19-2-3-25-22(11-19)18(14-37-25)9-30(41)39-27(7-16-5-20(33)10-21(34)6-16)31-23(12-24(36)28(13-35)40-31)17-1-4-29-26(8-17)38-15-42-29/h1-6,8,10-15,27,35,37H,7,9,36H2,(H,39,41)/p+1. The van der Waals surface area contributed by atoms with Crippen LogP contribution in [0.25, 0.3) is 32.2 Å². The van der Waals surface area contributed by atoms with Gasteiger partial charge in [0.2, 0.25) is 5.91 Å². The summed E-state index contributed by atoms with van der Waals surface area (Å²) in [4.78, 5) is 25.6. The van der Waals surface area contributed by atoms with Gasteiger partial charge in [-0.2, -0.15) is 0 Å². The Hall–Kier alpha value is -5.03. The molecule has 0 fully saturated rings. The van der Waals surface area contributed by atoms with E-state index in [2.05, 4.69) is 15.3 Å². The molecule has 0 saturated heterocycles. The van der Waals surface area contributed by atoms with Crippen molar-refractivity contribution >= 4 is 50.3 Å². The molecule has 0 spiro atoms. The van der Waals surface area contributed by atoms with E-state index < -0.39 is 29.4 Å². The third-order valence-corrected chi connectivity index (χ3v) is 7.83. The molecular weight excluding hydrogens is 561 g/mol. The van der Waals surface area contributed by atoms with Gasteiger partial charge >= 0.3 is 0 Å². The second-order valence-corrected chi connectivity index (χ2v) is 10.8. The molecule has 1 atom stereocenters. The minimum absolute atomic E-state index is 0.00973. The molecule has 11 heteroatoms. The van der Waals surface area contributed by atoms with Crippen molar-refractivity contribution in [3.05, 3.63) is 112 Å². The maximum absolute atomic E-state index is 14.2. The predicted molar refractivity (Wildman–Crippen MR) is 157 cm³/mol. The summed E-state index contributed by atoms with van der Waals surface area (Å²) in [5.74, 6) is -2.31. The van der Waals surface area contributed by atoms with Gasteiger partial charge in [0.1, 0.15) is 23.1 Å². The molecule has 3 heterocycles. The van der Waals surface area contributed by atoms with Crippen LogP contribution in [-0.4, -0.2) is 27.1 Å². The van der Waals surface area contributed by atoms with Crippen LogP contribution >= 0.6 is 11.3 Å². The first-order chi connectivity index (χ1) is 20.3. The van der Waals surface area contributed by atoms with Crippen LogP contribution in [-0.2, 0) is 17.6 Å². The van der Waals surface area contributed by atoms with Crippen LogP contribution in [0, 0.1) is 17.5 Å². The molecule has 42 heavy (non-hydrogen) atoms. The summed E-state index contributed by atoms with van der Waals surface area (Å²) in [6, 6.07) is 14.1. The first kappa shape index (κ1) is 27.2. The summed E-state index contributed by atoms with van der Waals surface area (Å²) < 4.78 is 43.3. The quantitative estimate of drug-likeness (QED) is 0.194. The van der Waals surface area contributed by atoms with Gasteiger partial charge in [-0.15, -0.1) is 11.3 Å². The van der Waals surface area contributed by atoms with E-state index in [1.54, 1.807) is 23.8 Å². The Kier molecular flexibility index (Phi) is 7.17. The maximum atomic E-state index is 14.2. The second-order valence-electron chi connectivity index (χ2n) is 9.88. The molecule has 1 amide bonds. The molecule has 0 aliphatic heterocycles. The molecule has 0 saturated carbocycles. The first-order valence-corrected chi connectivity index (χ1v) is 13.8. The fourth-order valence-electron chi connectivity index (χ4n) is 5.11. The van der Waals surface area contributed by atoms with Gasteiger partial charge in [-0.05, 0) is 71.6 Å². The second kappa shape index (κ2) is 11.1. The van der Waals surface area contributed by atoms with Crippen LogP contribution in [0.15, 0.2) is 72.4 Å². The Balaban J connectivity index is 1.43. The zero-order chi connectivity index (χ0) is 29.4. The Morgan fingerprint density at radius 2 is 1.86 bits per heavy atom. The lowest BCUT2D eigenvalue weighted by Gasteiger charge is -2.22. The van der Waals surface area contributed by atoms with Crippen LogP contribution in [0.4, 0.5) is 18.9 Å².